The van der Waals surface area contributed by atoms with Crippen LogP contribution in [0.2, 0.25) is 0 Å². The predicted octanol–water partition coefficient (Wildman–Crippen LogP) is 2.04. The highest BCUT2D eigenvalue weighted by molar-refractivity contribution is 6.10. The summed E-state index contributed by atoms with van der Waals surface area (Å²) in [6, 6.07) is 14.1. The van der Waals surface area contributed by atoms with Crippen LogP contribution in [0, 0.1) is 0 Å². The van der Waals surface area contributed by atoms with Gasteiger partial charge in [-0.3, -0.25) is 9.59 Å². The van der Waals surface area contributed by atoms with Crippen molar-refractivity contribution in [3.05, 3.63) is 59.7 Å². The van der Waals surface area contributed by atoms with Crippen LogP contribution in [0.25, 0.3) is 0 Å². The summed E-state index contributed by atoms with van der Waals surface area (Å²) in [5, 5.41) is 8.12. The number of carbonyl (C=O) groups excluding carboxylic acids is 2. The van der Waals surface area contributed by atoms with Gasteiger partial charge in [-0.25, -0.2) is 0 Å². The van der Waals surface area contributed by atoms with Gasteiger partial charge in [0.15, 0.2) is 0 Å². The van der Waals surface area contributed by atoms with E-state index < -0.39 is 17.5 Å². The Labute approximate surface area is 143 Å². The Morgan fingerprint density at radius 2 is 1.92 bits per heavy atom. The zero-order valence-corrected chi connectivity index (χ0v) is 13.6. The minimum Gasteiger partial charge on any atom is -0.497 e. The molecule has 0 fully saturated rings. The Bertz CT molecular complexity index is 907. The number of methoxy groups -OCH3 is 1. The van der Waals surface area contributed by atoms with Gasteiger partial charge in [-0.1, -0.05) is 18.2 Å². The average Bonchev–Trinajstić information content (AvgIpc) is 3.16. The summed E-state index contributed by atoms with van der Waals surface area (Å²) in [7, 11) is 1.57. The molecule has 0 saturated carbocycles. The third kappa shape index (κ3) is 2.09. The summed E-state index contributed by atoms with van der Waals surface area (Å²) in [4.78, 5) is 24.9. The van der Waals surface area contributed by atoms with Crippen molar-refractivity contribution in [3.8, 4) is 5.75 Å². The number of nitrogens with one attached hydrogen (secondary N) is 1. The SMILES string of the molecule is COc1ccc(C2=NN(C(C)=O)C3(O2)C(=O)Nc2ccccc23)cc1. The van der Waals surface area contributed by atoms with Crippen LogP contribution in [0.15, 0.2) is 53.6 Å². The summed E-state index contributed by atoms with van der Waals surface area (Å²) in [5.74, 6) is 0.0423. The predicted molar refractivity (Wildman–Crippen MR) is 89.9 cm³/mol. The van der Waals surface area contributed by atoms with Gasteiger partial charge in [0.05, 0.1) is 18.4 Å². The van der Waals surface area contributed by atoms with Gasteiger partial charge in [0, 0.05) is 12.5 Å². The van der Waals surface area contributed by atoms with Crippen LogP contribution in [-0.2, 0) is 20.1 Å². The second kappa shape index (κ2) is 5.34. The van der Waals surface area contributed by atoms with Crippen molar-refractivity contribution in [1.29, 1.82) is 0 Å². The minimum atomic E-state index is -1.61. The van der Waals surface area contributed by atoms with Crippen molar-refractivity contribution in [1.82, 2.24) is 5.01 Å². The van der Waals surface area contributed by atoms with Gasteiger partial charge < -0.3 is 14.8 Å². The summed E-state index contributed by atoms with van der Waals surface area (Å²) in [6.07, 6.45) is 0. The zero-order chi connectivity index (χ0) is 17.6. The van der Waals surface area contributed by atoms with E-state index in [2.05, 4.69) is 10.4 Å². The first-order chi connectivity index (χ1) is 12.1. The second-order valence-electron chi connectivity index (χ2n) is 5.71. The van der Waals surface area contributed by atoms with E-state index in [1.165, 1.54) is 6.92 Å². The summed E-state index contributed by atoms with van der Waals surface area (Å²) in [6.45, 7) is 1.35. The molecule has 1 spiro atoms. The number of fused-ring (bicyclic) bond motifs is 2. The highest BCUT2D eigenvalue weighted by atomic mass is 16.6. The Morgan fingerprint density at radius 1 is 1.20 bits per heavy atom. The Hall–Kier alpha value is -3.35. The van der Waals surface area contributed by atoms with Gasteiger partial charge in [0.1, 0.15) is 5.75 Å². The maximum Gasteiger partial charge on any atom is 0.314 e. The molecule has 25 heavy (non-hydrogen) atoms. The second-order valence-corrected chi connectivity index (χ2v) is 5.71. The number of nitrogens with zero attached hydrogens (tertiary/aromatic N) is 2. The van der Waals surface area contributed by atoms with Crippen LogP contribution >= 0.6 is 0 Å². The molecule has 0 radical (unpaired) electrons. The van der Waals surface area contributed by atoms with E-state index in [1.54, 1.807) is 55.6 Å². The monoisotopic (exact) mass is 337 g/mol. The molecule has 2 aliphatic heterocycles. The fourth-order valence-electron chi connectivity index (χ4n) is 3.04. The van der Waals surface area contributed by atoms with Crippen molar-refractivity contribution in [2.75, 3.05) is 12.4 Å². The molecule has 1 atom stereocenters. The van der Waals surface area contributed by atoms with Gasteiger partial charge in [0.25, 0.3) is 5.91 Å². The molecular formula is C18H15N3O4. The van der Waals surface area contributed by atoms with E-state index in [-0.39, 0.29) is 5.90 Å². The number of hydrazone groups is 1. The quantitative estimate of drug-likeness (QED) is 0.909. The zero-order valence-electron chi connectivity index (χ0n) is 13.6. The Morgan fingerprint density at radius 3 is 2.60 bits per heavy atom. The first-order valence-electron chi connectivity index (χ1n) is 7.70. The van der Waals surface area contributed by atoms with Gasteiger partial charge in [0.2, 0.25) is 11.8 Å². The fraction of sp³-hybridized carbons (Fsp3) is 0.167. The van der Waals surface area contributed by atoms with Crippen LogP contribution in [0.4, 0.5) is 5.69 Å². The van der Waals surface area contributed by atoms with E-state index in [0.717, 1.165) is 5.01 Å². The number of benzene rings is 2. The van der Waals surface area contributed by atoms with E-state index in [1.807, 2.05) is 0 Å². The molecular weight excluding hydrogens is 322 g/mol. The smallest absolute Gasteiger partial charge is 0.314 e. The molecule has 2 aliphatic rings. The fourth-order valence-corrected chi connectivity index (χ4v) is 3.04. The lowest BCUT2D eigenvalue weighted by Crippen LogP contribution is -2.49. The average molecular weight is 337 g/mol. The number of hydrogen-bond acceptors (Lipinski definition) is 5. The standard InChI is InChI=1S/C18H15N3O4/c1-11(22)21-18(14-5-3-4-6-15(14)19-17(18)23)25-16(20-21)12-7-9-13(24-2)10-8-12/h3-10H,1-2H3,(H,19,23). The molecule has 0 aromatic heterocycles. The number of para-hydroxylation sites is 1. The number of hydrogen-bond donors (Lipinski definition) is 1. The number of amides is 2. The Balaban J connectivity index is 1.81. The highest BCUT2D eigenvalue weighted by Gasteiger charge is 2.59. The third-order valence-corrected chi connectivity index (χ3v) is 4.22. The molecule has 2 heterocycles. The van der Waals surface area contributed by atoms with Crippen LogP contribution in [-0.4, -0.2) is 29.8 Å². The summed E-state index contributed by atoms with van der Waals surface area (Å²) < 4.78 is 11.1. The summed E-state index contributed by atoms with van der Waals surface area (Å²) in [5.41, 5.74) is 0.186. The molecule has 0 aliphatic carbocycles. The lowest BCUT2D eigenvalue weighted by molar-refractivity contribution is -0.160. The number of anilines is 1. The third-order valence-electron chi connectivity index (χ3n) is 4.22. The molecule has 1 unspecified atom stereocenters. The van der Waals surface area contributed by atoms with Crippen LogP contribution in [0.1, 0.15) is 18.1 Å². The lowest BCUT2D eigenvalue weighted by atomic mass is 10.0. The van der Waals surface area contributed by atoms with Crippen molar-refractivity contribution in [2.24, 2.45) is 5.10 Å². The molecule has 2 amide bonds. The molecule has 2 aromatic carbocycles. The van der Waals surface area contributed by atoms with Gasteiger partial charge >= 0.3 is 5.72 Å². The molecule has 7 heteroatoms. The van der Waals surface area contributed by atoms with Crippen molar-refractivity contribution >= 4 is 23.4 Å². The van der Waals surface area contributed by atoms with Crippen LogP contribution in [0.3, 0.4) is 0 Å². The Kier molecular flexibility index (Phi) is 3.24. The van der Waals surface area contributed by atoms with Crippen LogP contribution < -0.4 is 10.1 Å². The van der Waals surface area contributed by atoms with Gasteiger partial charge in [-0.15, -0.1) is 5.10 Å². The normalized spacial score (nSPS) is 20.8. The number of rotatable bonds is 2. The largest absolute Gasteiger partial charge is 0.497 e. The van der Waals surface area contributed by atoms with Crippen molar-refractivity contribution in [3.63, 3.8) is 0 Å². The molecule has 1 N–H and O–H groups in total. The molecule has 0 saturated heterocycles. The topological polar surface area (TPSA) is 80.2 Å². The van der Waals surface area contributed by atoms with Gasteiger partial charge in [-0.05, 0) is 30.3 Å². The van der Waals surface area contributed by atoms with E-state index >= 15 is 0 Å². The number of carbonyl (C=O) groups is 2. The molecule has 4 rings (SSSR count). The van der Waals surface area contributed by atoms with E-state index in [0.29, 0.717) is 22.6 Å². The van der Waals surface area contributed by atoms with E-state index in [9.17, 15) is 9.59 Å². The molecule has 126 valence electrons. The molecule has 2 aromatic rings. The number of ether oxygens (including phenoxy) is 2. The molecule has 7 nitrogen and oxygen atoms in total. The first kappa shape index (κ1) is 15.2. The van der Waals surface area contributed by atoms with E-state index in [4.69, 9.17) is 9.47 Å². The molecule has 0 bridgehead atoms. The van der Waals surface area contributed by atoms with Gasteiger partial charge in [-0.2, -0.15) is 5.01 Å². The maximum absolute atomic E-state index is 12.7. The first-order valence-corrected chi connectivity index (χ1v) is 7.70. The maximum atomic E-state index is 12.7. The highest BCUT2D eigenvalue weighted by Crippen LogP contribution is 2.45. The minimum absolute atomic E-state index is 0.199. The van der Waals surface area contributed by atoms with Crippen molar-refractivity contribution < 1.29 is 19.1 Å². The lowest BCUT2D eigenvalue weighted by Gasteiger charge is -2.28. The van der Waals surface area contributed by atoms with Crippen molar-refractivity contribution in [2.45, 2.75) is 12.6 Å². The van der Waals surface area contributed by atoms with Crippen LogP contribution in [0.5, 0.6) is 5.75 Å². The summed E-state index contributed by atoms with van der Waals surface area (Å²) >= 11 is 0.